The van der Waals surface area contributed by atoms with Gasteiger partial charge in [-0.3, -0.25) is 4.79 Å². The largest absolute Gasteiger partial charge is 0.334 e. The standard InChI is InChI=1S/C22H21ClFN3O4S/c1-22(2,3)21-25-20(31-26-21)15-10-17-18(11-16(15)24)32(29,30)9-8-19(28)27(17)12-13-4-6-14(23)7-5-13/h4-7,10-11H,8-9,12H2,1-3H3. The molecule has 0 bridgehead atoms. The number of fused-ring (bicyclic) bond motifs is 1. The summed E-state index contributed by atoms with van der Waals surface area (Å²) < 4.78 is 45.9. The molecule has 0 unspecified atom stereocenters. The number of benzene rings is 2. The highest BCUT2D eigenvalue weighted by Gasteiger charge is 2.33. The lowest BCUT2D eigenvalue weighted by atomic mass is 9.96. The van der Waals surface area contributed by atoms with Gasteiger partial charge in [-0.25, -0.2) is 12.8 Å². The van der Waals surface area contributed by atoms with E-state index in [0.29, 0.717) is 10.8 Å². The van der Waals surface area contributed by atoms with Gasteiger partial charge in [0.05, 0.1) is 28.4 Å². The van der Waals surface area contributed by atoms with Crippen LogP contribution in [-0.4, -0.2) is 30.2 Å². The molecule has 1 amide bonds. The Kier molecular flexibility index (Phi) is 5.58. The van der Waals surface area contributed by atoms with Crippen LogP contribution in [-0.2, 0) is 26.6 Å². The number of anilines is 1. The fourth-order valence-corrected chi connectivity index (χ4v) is 4.91. The fraction of sp³-hybridized carbons (Fsp3) is 0.318. The van der Waals surface area contributed by atoms with E-state index < -0.39 is 26.8 Å². The lowest BCUT2D eigenvalue weighted by Crippen LogP contribution is -2.30. The Labute approximate surface area is 190 Å². The van der Waals surface area contributed by atoms with E-state index >= 15 is 4.39 Å². The summed E-state index contributed by atoms with van der Waals surface area (Å²) in [5, 5.41) is 4.45. The molecule has 2 heterocycles. The van der Waals surface area contributed by atoms with Crippen LogP contribution in [0.25, 0.3) is 11.5 Å². The molecule has 1 aliphatic heterocycles. The topological polar surface area (TPSA) is 93.4 Å². The highest BCUT2D eigenvalue weighted by Crippen LogP contribution is 2.37. The lowest BCUT2D eigenvalue weighted by Gasteiger charge is -2.23. The maximum atomic E-state index is 15.0. The summed E-state index contributed by atoms with van der Waals surface area (Å²) in [5.41, 5.74) is 0.322. The molecule has 0 radical (unpaired) electrons. The number of carbonyl (C=O) groups excluding carboxylic acids is 1. The number of hydrogen-bond acceptors (Lipinski definition) is 6. The summed E-state index contributed by atoms with van der Waals surface area (Å²) in [6, 6.07) is 9.06. The minimum atomic E-state index is -3.87. The van der Waals surface area contributed by atoms with Crippen molar-refractivity contribution in [3.63, 3.8) is 0 Å². The molecule has 1 aromatic heterocycles. The van der Waals surface area contributed by atoms with E-state index in [1.165, 1.54) is 11.0 Å². The first-order chi connectivity index (χ1) is 15.0. The SMILES string of the molecule is CC(C)(C)c1noc(-c2cc3c(cc2F)S(=O)(=O)CCC(=O)N3Cc2ccc(Cl)cc2)n1. The predicted octanol–water partition coefficient (Wildman–Crippen LogP) is 4.54. The monoisotopic (exact) mass is 477 g/mol. The summed E-state index contributed by atoms with van der Waals surface area (Å²) in [6.07, 6.45) is -0.212. The van der Waals surface area contributed by atoms with Gasteiger partial charge in [-0.1, -0.05) is 49.7 Å². The third-order valence-electron chi connectivity index (χ3n) is 5.14. The number of carbonyl (C=O) groups is 1. The number of nitrogens with zero attached hydrogens (tertiary/aromatic N) is 3. The maximum absolute atomic E-state index is 15.0. The first kappa shape index (κ1) is 22.4. The van der Waals surface area contributed by atoms with Crippen molar-refractivity contribution in [2.75, 3.05) is 10.7 Å². The fourth-order valence-electron chi connectivity index (χ4n) is 3.35. The summed E-state index contributed by atoms with van der Waals surface area (Å²) in [4.78, 5) is 18.3. The van der Waals surface area contributed by atoms with E-state index in [1.54, 1.807) is 24.3 Å². The van der Waals surface area contributed by atoms with Crippen LogP contribution < -0.4 is 4.90 Å². The third-order valence-corrected chi connectivity index (χ3v) is 7.13. The summed E-state index contributed by atoms with van der Waals surface area (Å²) in [5.74, 6) is -1.32. The minimum Gasteiger partial charge on any atom is -0.334 e. The lowest BCUT2D eigenvalue weighted by molar-refractivity contribution is -0.118. The second kappa shape index (κ2) is 7.97. The molecule has 0 aliphatic carbocycles. The zero-order valence-electron chi connectivity index (χ0n) is 17.7. The third kappa shape index (κ3) is 4.27. The number of sulfone groups is 1. The molecule has 7 nitrogen and oxygen atoms in total. The second-order valence-electron chi connectivity index (χ2n) is 8.65. The van der Waals surface area contributed by atoms with Gasteiger partial charge in [-0.05, 0) is 29.8 Å². The average molecular weight is 478 g/mol. The molecular weight excluding hydrogens is 457 g/mol. The van der Waals surface area contributed by atoms with Crippen LogP contribution >= 0.6 is 11.6 Å². The Bertz CT molecular complexity index is 1300. The van der Waals surface area contributed by atoms with Crippen molar-refractivity contribution in [1.29, 1.82) is 0 Å². The minimum absolute atomic E-state index is 0.0715. The molecule has 0 N–H and O–H groups in total. The van der Waals surface area contributed by atoms with E-state index in [-0.39, 0.29) is 40.9 Å². The maximum Gasteiger partial charge on any atom is 0.260 e. The van der Waals surface area contributed by atoms with E-state index in [9.17, 15) is 13.2 Å². The Morgan fingerprint density at radius 3 is 2.50 bits per heavy atom. The van der Waals surface area contributed by atoms with Crippen molar-refractivity contribution in [3.8, 4) is 11.5 Å². The zero-order valence-corrected chi connectivity index (χ0v) is 19.3. The number of halogens is 2. The molecule has 0 fully saturated rings. The van der Waals surface area contributed by atoms with Gasteiger partial charge < -0.3 is 9.42 Å². The molecule has 0 spiro atoms. The molecule has 0 atom stereocenters. The highest BCUT2D eigenvalue weighted by atomic mass is 35.5. The van der Waals surface area contributed by atoms with Crippen LogP contribution in [0.15, 0.2) is 45.8 Å². The summed E-state index contributed by atoms with van der Waals surface area (Å²) in [7, 11) is -3.87. The van der Waals surface area contributed by atoms with E-state index in [4.69, 9.17) is 16.1 Å². The molecule has 3 aromatic rings. The summed E-state index contributed by atoms with van der Waals surface area (Å²) in [6.45, 7) is 5.75. The Morgan fingerprint density at radius 2 is 1.88 bits per heavy atom. The molecule has 2 aromatic carbocycles. The number of hydrogen-bond donors (Lipinski definition) is 0. The Hall–Kier alpha value is -2.78. The predicted molar refractivity (Wildman–Crippen MR) is 118 cm³/mol. The zero-order chi connectivity index (χ0) is 23.3. The smallest absolute Gasteiger partial charge is 0.260 e. The van der Waals surface area contributed by atoms with E-state index in [1.807, 2.05) is 20.8 Å². The van der Waals surface area contributed by atoms with Crippen molar-refractivity contribution in [2.45, 2.75) is 44.0 Å². The number of rotatable bonds is 3. The van der Waals surface area contributed by atoms with Crippen LogP contribution in [0.5, 0.6) is 0 Å². The first-order valence-corrected chi connectivity index (χ1v) is 11.9. The van der Waals surface area contributed by atoms with Gasteiger partial charge in [0.15, 0.2) is 15.7 Å². The van der Waals surface area contributed by atoms with Crippen molar-refractivity contribution in [2.24, 2.45) is 0 Å². The highest BCUT2D eigenvalue weighted by molar-refractivity contribution is 7.91. The first-order valence-electron chi connectivity index (χ1n) is 9.91. The molecule has 168 valence electrons. The van der Waals surface area contributed by atoms with Crippen molar-refractivity contribution in [3.05, 3.63) is 58.6 Å². The van der Waals surface area contributed by atoms with E-state index in [0.717, 1.165) is 11.6 Å². The van der Waals surface area contributed by atoms with Crippen LogP contribution in [0.3, 0.4) is 0 Å². The van der Waals surface area contributed by atoms with Crippen LogP contribution in [0.1, 0.15) is 38.6 Å². The van der Waals surface area contributed by atoms with Gasteiger partial charge in [-0.15, -0.1) is 0 Å². The molecule has 4 rings (SSSR count). The van der Waals surface area contributed by atoms with Gasteiger partial charge in [-0.2, -0.15) is 4.98 Å². The number of aromatic nitrogens is 2. The molecule has 32 heavy (non-hydrogen) atoms. The second-order valence-corrected chi connectivity index (χ2v) is 11.2. The Balaban J connectivity index is 1.87. The molecular formula is C22H21ClFN3O4S. The molecule has 0 saturated carbocycles. The van der Waals surface area contributed by atoms with E-state index in [2.05, 4.69) is 10.1 Å². The van der Waals surface area contributed by atoms with Gasteiger partial charge in [0.1, 0.15) is 5.82 Å². The molecule has 0 saturated heterocycles. The normalized spacial score (nSPS) is 16.0. The quantitative estimate of drug-likeness (QED) is 0.550. The van der Waals surface area contributed by atoms with Crippen LogP contribution in [0, 0.1) is 5.82 Å². The van der Waals surface area contributed by atoms with Gasteiger partial charge in [0, 0.05) is 16.9 Å². The molecule has 10 heteroatoms. The van der Waals surface area contributed by atoms with Crippen molar-refractivity contribution in [1.82, 2.24) is 10.1 Å². The van der Waals surface area contributed by atoms with Crippen LogP contribution in [0.2, 0.25) is 5.02 Å². The average Bonchev–Trinajstić information content (AvgIpc) is 3.19. The number of amides is 1. The van der Waals surface area contributed by atoms with Gasteiger partial charge >= 0.3 is 0 Å². The van der Waals surface area contributed by atoms with Gasteiger partial charge in [0.2, 0.25) is 5.91 Å². The van der Waals surface area contributed by atoms with Crippen molar-refractivity contribution < 1.29 is 22.1 Å². The molecule has 1 aliphatic rings. The van der Waals surface area contributed by atoms with Crippen molar-refractivity contribution >= 4 is 33.0 Å². The summed E-state index contributed by atoms with van der Waals surface area (Å²) >= 11 is 5.94. The van der Waals surface area contributed by atoms with Gasteiger partial charge in [0.25, 0.3) is 5.89 Å². The van der Waals surface area contributed by atoms with Crippen LogP contribution in [0.4, 0.5) is 10.1 Å². The Morgan fingerprint density at radius 1 is 1.19 bits per heavy atom.